The lowest BCUT2D eigenvalue weighted by Crippen LogP contribution is -2.33. The summed E-state index contributed by atoms with van der Waals surface area (Å²) in [6.07, 6.45) is 2.00. The number of hydrogen-bond acceptors (Lipinski definition) is 9. The zero-order valence-electron chi connectivity index (χ0n) is 16.9. The van der Waals surface area contributed by atoms with Gasteiger partial charge in [-0.2, -0.15) is 4.98 Å². The van der Waals surface area contributed by atoms with E-state index >= 15 is 0 Å². The fraction of sp³-hybridized carbons (Fsp3) is 0.722. The Labute approximate surface area is 168 Å². The van der Waals surface area contributed by atoms with Gasteiger partial charge < -0.3 is 31.5 Å². The summed E-state index contributed by atoms with van der Waals surface area (Å²) in [6.45, 7) is 4.87. The highest BCUT2D eigenvalue weighted by atomic mass is 16.6. The number of aromatic amines is 1. The Hall–Kier alpha value is -2.05. The molecule has 0 bridgehead atoms. The highest BCUT2D eigenvalue weighted by Crippen LogP contribution is 2.30. The molecule has 0 aliphatic carbocycles. The number of aliphatic hydroxyl groups is 3. The molecule has 1 unspecified atom stereocenters. The van der Waals surface area contributed by atoms with Gasteiger partial charge in [-0.15, -0.1) is 0 Å². The number of anilines is 1. The van der Waals surface area contributed by atoms with Crippen LogP contribution in [0.15, 0.2) is 11.1 Å². The van der Waals surface area contributed by atoms with Gasteiger partial charge in [0.2, 0.25) is 5.95 Å². The van der Waals surface area contributed by atoms with E-state index in [4.69, 9.17) is 21.3 Å². The molecule has 0 spiro atoms. The molecule has 1 aliphatic rings. The Balaban J connectivity index is 0.000000284. The van der Waals surface area contributed by atoms with Crippen LogP contribution in [0.4, 0.5) is 5.95 Å². The molecule has 2 aromatic heterocycles. The van der Waals surface area contributed by atoms with Gasteiger partial charge in [-0.05, 0) is 18.9 Å². The molecule has 1 saturated heterocycles. The zero-order chi connectivity index (χ0) is 21.6. The summed E-state index contributed by atoms with van der Waals surface area (Å²) in [5.74, 6) is 0.681. The molecule has 8 N–H and O–H groups in total. The Kier molecular flexibility index (Phi) is 8.53. The molecule has 0 radical (unpaired) electrons. The van der Waals surface area contributed by atoms with E-state index in [1.807, 2.05) is 0 Å². The van der Waals surface area contributed by atoms with E-state index in [2.05, 4.69) is 28.8 Å². The number of H-pyrrole nitrogens is 1. The van der Waals surface area contributed by atoms with E-state index in [-0.39, 0.29) is 17.1 Å². The minimum Gasteiger partial charge on any atom is -0.394 e. The van der Waals surface area contributed by atoms with Gasteiger partial charge in [0.15, 0.2) is 17.4 Å². The van der Waals surface area contributed by atoms with Gasteiger partial charge in [0.25, 0.3) is 5.56 Å². The largest absolute Gasteiger partial charge is 0.394 e. The summed E-state index contributed by atoms with van der Waals surface area (Å²) in [6, 6.07) is 0. The third-order valence-corrected chi connectivity index (χ3v) is 5.12. The normalized spacial score (nSPS) is 25.0. The number of imidazole rings is 1. The first-order chi connectivity index (χ1) is 13.9. The zero-order valence-corrected chi connectivity index (χ0v) is 16.9. The minimum atomic E-state index is -1.29. The number of nitrogens with two attached hydrogens (primary N) is 2. The molecule has 1 aliphatic heterocycles. The summed E-state index contributed by atoms with van der Waals surface area (Å²) in [5.41, 5.74) is 10.6. The van der Waals surface area contributed by atoms with Gasteiger partial charge >= 0.3 is 0 Å². The molecule has 1 fully saturated rings. The van der Waals surface area contributed by atoms with Crippen LogP contribution >= 0.6 is 0 Å². The van der Waals surface area contributed by atoms with E-state index in [0.717, 1.165) is 12.5 Å². The third kappa shape index (κ3) is 5.31. The maximum Gasteiger partial charge on any atom is 0.280 e. The first-order valence-corrected chi connectivity index (χ1v) is 9.92. The van der Waals surface area contributed by atoms with Crippen molar-refractivity contribution in [3.05, 3.63) is 16.7 Å². The molecule has 11 nitrogen and oxygen atoms in total. The second-order valence-corrected chi connectivity index (χ2v) is 7.16. The molecule has 0 saturated carbocycles. The summed E-state index contributed by atoms with van der Waals surface area (Å²) in [5, 5.41) is 28.7. The number of nitrogen functional groups attached to an aromatic ring is 1. The van der Waals surface area contributed by atoms with Gasteiger partial charge in [0, 0.05) is 0 Å². The van der Waals surface area contributed by atoms with Gasteiger partial charge in [-0.25, -0.2) is 4.98 Å². The Morgan fingerprint density at radius 3 is 2.62 bits per heavy atom. The fourth-order valence-electron chi connectivity index (χ4n) is 3.22. The highest BCUT2D eigenvalue weighted by molar-refractivity contribution is 5.70. The molecule has 2 aromatic rings. The van der Waals surface area contributed by atoms with Crippen LogP contribution in [0.2, 0.25) is 0 Å². The SMILES string of the molecule is CCCCC(CC)CN.Nc1nc2c(ncn2[C@@H]2O[C@H](CO)[C@@H](O)[C@H]2O)c(=O)[nH]1. The van der Waals surface area contributed by atoms with Crippen molar-refractivity contribution in [3.8, 4) is 0 Å². The number of nitrogens with one attached hydrogen (secondary N) is 1. The van der Waals surface area contributed by atoms with Crippen molar-refractivity contribution in [2.75, 3.05) is 18.9 Å². The predicted molar refractivity (Wildman–Crippen MR) is 108 cm³/mol. The fourth-order valence-corrected chi connectivity index (χ4v) is 3.22. The summed E-state index contributed by atoms with van der Waals surface area (Å²) in [7, 11) is 0. The summed E-state index contributed by atoms with van der Waals surface area (Å²) in [4.78, 5) is 21.8. The van der Waals surface area contributed by atoms with E-state index in [1.165, 1.54) is 36.6 Å². The Morgan fingerprint density at radius 1 is 1.34 bits per heavy atom. The van der Waals surface area contributed by atoms with E-state index in [0.29, 0.717) is 0 Å². The highest BCUT2D eigenvalue weighted by Gasteiger charge is 2.44. The predicted octanol–water partition coefficient (Wildman–Crippen LogP) is -0.525. The van der Waals surface area contributed by atoms with E-state index in [1.54, 1.807) is 0 Å². The number of rotatable bonds is 7. The Bertz CT molecular complexity index is 821. The number of hydrogen-bond donors (Lipinski definition) is 6. The van der Waals surface area contributed by atoms with Crippen LogP contribution < -0.4 is 17.0 Å². The molecule has 0 aromatic carbocycles. The van der Waals surface area contributed by atoms with Gasteiger partial charge in [-0.1, -0.05) is 33.1 Å². The number of nitrogens with zero attached hydrogens (tertiary/aromatic N) is 3. The lowest BCUT2D eigenvalue weighted by molar-refractivity contribution is -0.0511. The maximum absolute atomic E-state index is 11.7. The van der Waals surface area contributed by atoms with E-state index < -0.39 is 36.7 Å². The van der Waals surface area contributed by atoms with Crippen molar-refractivity contribution in [1.82, 2.24) is 19.5 Å². The number of aromatic nitrogens is 4. The molecule has 11 heteroatoms. The molecule has 5 atom stereocenters. The molecule has 0 amide bonds. The number of aliphatic hydroxyl groups excluding tert-OH is 3. The molecule has 3 heterocycles. The van der Waals surface area contributed by atoms with Crippen LogP contribution in [0.25, 0.3) is 11.2 Å². The van der Waals surface area contributed by atoms with Gasteiger partial charge in [-0.3, -0.25) is 14.3 Å². The number of unbranched alkanes of at least 4 members (excludes halogenated alkanes) is 1. The van der Waals surface area contributed by atoms with Crippen molar-refractivity contribution in [3.63, 3.8) is 0 Å². The quantitative estimate of drug-likeness (QED) is 0.348. The molecular weight excluding hydrogens is 380 g/mol. The second kappa shape index (κ2) is 10.6. The van der Waals surface area contributed by atoms with Crippen molar-refractivity contribution < 1.29 is 20.1 Å². The van der Waals surface area contributed by atoms with Crippen molar-refractivity contribution in [1.29, 1.82) is 0 Å². The van der Waals surface area contributed by atoms with Crippen molar-refractivity contribution >= 4 is 17.1 Å². The second-order valence-electron chi connectivity index (χ2n) is 7.16. The lowest BCUT2D eigenvalue weighted by Gasteiger charge is -2.16. The van der Waals surface area contributed by atoms with Crippen molar-refractivity contribution in [2.24, 2.45) is 11.7 Å². The topological polar surface area (TPSA) is 186 Å². The Morgan fingerprint density at radius 2 is 2.07 bits per heavy atom. The number of ether oxygens (including phenoxy) is 1. The molecule has 164 valence electrons. The van der Waals surface area contributed by atoms with Crippen LogP contribution in [0, 0.1) is 5.92 Å². The van der Waals surface area contributed by atoms with Crippen LogP contribution in [0.1, 0.15) is 45.8 Å². The van der Waals surface area contributed by atoms with Crippen LogP contribution in [0.5, 0.6) is 0 Å². The smallest absolute Gasteiger partial charge is 0.280 e. The van der Waals surface area contributed by atoms with Crippen LogP contribution in [0.3, 0.4) is 0 Å². The van der Waals surface area contributed by atoms with Crippen molar-refractivity contribution in [2.45, 2.75) is 64.1 Å². The van der Waals surface area contributed by atoms with Gasteiger partial charge in [0.05, 0.1) is 12.9 Å². The van der Waals surface area contributed by atoms with Crippen LogP contribution in [-0.2, 0) is 4.74 Å². The average Bonchev–Trinajstić information content (AvgIpc) is 3.24. The molecular formula is C18H32N6O5. The first-order valence-electron chi connectivity index (χ1n) is 9.92. The van der Waals surface area contributed by atoms with E-state index in [9.17, 15) is 15.0 Å². The molecule has 29 heavy (non-hydrogen) atoms. The average molecular weight is 412 g/mol. The monoisotopic (exact) mass is 412 g/mol. The van der Waals surface area contributed by atoms with Gasteiger partial charge in [0.1, 0.15) is 18.3 Å². The number of fused-ring (bicyclic) bond motifs is 1. The third-order valence-electron chi connectivity index (χ3n) is 5.12. The summed E-state index contributed by atoms with van der Waals surface area (Å²) >= 11 is 0. The summed E-state index contributed by atoms with van der Waals surface area (Å²) < 4.78 is 6.64. The standard InChI is InChI=1S/C10H13N5O5.C8H19N/c11-10-13-7-4(8(19)14-10)12-2-15(7)9-6(18)5(17)3(1-16)20-9;1-3-5-6-8(4-2)7-9/h2-3,5-6,9,16-18H,1H2,(H3,11,13,14,19);8H,3-7,9H2,1-2H3/t3-,5-,6-,9-;/m1./s1. The lowest BCUT2D eigenvalue weighted by atomic mass is 10.00. The van der Waals surface area contributed by atoms with Crippen LogP contribution in [-0.4, -0.2) is 66.3 Å². The molecule has 3 rings (SSSR count). The first kappa shape index (κ1) is 23.2. The maximum atomic E-state index is 11.7. The minimum absolute atomic E-state index is 0.0388.